The number of nitrogens with zero attached hydrogens (tertiary/aromatic N) is 7. The minimum absolute atomic E-state index is 0.0165. The van der Waals surface area contributed by atoms with Crippen molar-refractivity contribution < 1.29 is 23.0 Å². The van der Waals surface area contributed by atoms with Crippen molar-refractivity contribution >= 4 is 40.1 Å². The molecule has 3 aromatic heterocycles. The molecule has 0 bridgehead atoms. The van der Waals surface area contributed by atoms with E-state index in [1.54, 1.807) is 18.3 Å². The Kier molecular flexibility index (Phi) is 9.25. The highest BCUT2D eigenvalue weighted by Gasteiger charge is 2.60. The van der Waals surface area contributed by atoms with Crippen LogP contribution in [0.15, 0.2) is 52.2 Å². The molecule has 2 atom stereocenters. The summed E-state index contributed by atoms with van der Waals surface area (Å²) in [6.45, 7) is 6.10. The van der Waals surface area contributed by atoms with Crippen molar-refractivity contribution in [3.05, 3.63) is 85.5 Å². The predicted octanol–water partition coefficient (Wildman–Crippen LogP) is 5.04. The van der Waals surface area contributed by atoms with Gasteiger partial charge in [-0.1, -0.05) is 41.9 Å². The van der Waals surface area contributed by atoms with E-state index in [0.717, 1.165) is 27.8 Å². The Morgan fingerprint density at radius 2 is 1.71 bits per heavy atom. The molecule has 1 N–H and O–H groups in total. The summed E-state index contributed by atoms with van der Waals surface area (Å²) in [4.78, 5) is 57.5. The molecule has 1 aliphatic carbocycles. The third-order valence-corrected chi connectivity index (χ3v) is 10.3. The van der Waals surface area contributed by atoms with Gasteiger partial charge in [0.25, 0.3) is 12.0 Å². The van der Waals surface area contributed by atoms with Crippen LogP contribution in [0.4, 0.5) is 20.3 Å². The first-order valence-electron chi connectivity index (χ1n) is 16.6. The topological polar surface area (TPSA) is 146 Å². The molecule has 2 unspecified atom stereocenters. The van der Waals surface area contributed by atoms with Crippen LogP contribution in [-0.4, -0.2) is 66.7 Å². The molecule has 0 amide bonds. The van der Waals surface area contributed by atoms with E-state index in [9.17, 15) is 23.2 Å². The van der Waals surface area contributed by atoms with Gasteiger partial charge in [0.2, 0.25) is 5.88 Å². The molecule has 0 radical (unpaired) electrons. The van der Waals surface area contributed by atoms with Gasteiger partial charge in [-0.2, -0.15) is 0 Å². The lowest BCUT2D eigenvalue weighted by Gasteiger charge is -2.20. The van der Waals surface area contributed by atoms with Gasteiger partial charge in [-0.25, -0.2) is 28.5 Å². The van der Waals surface area contributed by atoms with Crippen LogP contribution in [0.5, 0.6) is 5.88 Å². The highest BCUT2D eigenvalue weighted by atomic mass is 35.5. The highest BCUT2D eigenvalue weighted by molar-refractivity contribution is 6.36. The van der Waals surface area contributed by atoms with Gasteiger partial charge in [0.15, 0.2) is 11.5 Å². The lowest BCUT2D eigenvalue weighted by molar-refractivity contribution is -0.145. The van der Waals surface area contributed by atoms with Gasteiger partial charge in [-0.15, -0.1) is 0 Å². The van der Waals surface area contributed by atoms with Crippen molar-refractivity contribution in [3.8, 4) is 28.3 Å². The third-order valence-electron chi connectivity index (χ3n) is 9.87. The third kappa shape index (κ3) is 6.06. The number of halogens is 3. The molecule has 1 aliphatic heterocycles. The van der Waals surface area contributed by atoms with Gasteiger partial charge in [0, 0.05) is 50.5 Å². The Labute approximate surface area is 301 Å². The van der Waals surface area contributed by atoms with Gasteiger partial charge in [0.05, 0.1) is 36.5 Å². The van der Waals surface area contributed by atoms with Crippen LogP contribution in [0.2, 0.25) is 5.02 Å². The van der Waals surface area contributed by atoms with E-state index in [1.165, 1.54) is 21.2 Å². The van der Waals surface area contributed by atoms with Crippen LogP contribution < -0.4 is 21.3 Å². The van der Waals surface area contributed by atoms with Gasteiger partial charge in [0.1, 0.15) is 16.9 Å². The summed E-state index contributed by atoms with van der Waals surface area (Å²) in [6, 6.07) is 10.8. The first-order valence-corrected chi connectivity index (χ1v) is 17.0. The molecule has 7 rings (SSSR count). The lowest BCUT2D eigenvalue weighted by atomic mass is 9.96. The second-order valence-corrected chi connectivity index (χ2v) is 13.3. The summed E-state index contributed by atoms with van der Waals surface area (Å²) < 4.78 is 40.5. The molecular formula is C36H35ClF2N8O5. The van der Waals surface area contributed by atoms with E-state index >= 15 is 0 Å². The Morgan fingerprint density at radius 3 is 2.40 bits per heavy atom. The zero-order valence-electron chi connectivity index (χ0n) is 29.0. The van der Waals surface area contributed by atoms with Gasteiger partial charge < -0.3 is 14.8 Å². The van der Waals surface area contributed by atoms with Gasteiger partial charge in [-0.05, 0) is 42.9 Å². The number of ether oxygens (including phenoxy) is 2. The fourth-order valence-corrected chi connectivity index (χ4v) is 7.46. The summed E-state index contributed by atoms with van der Waals surface area (Å²) in [5.74, 6) is -0.151. The highest BCUT2D eigenvalue weighted by Crippen LogP contribution is 2.52. The van der Waals surface area contributed by atoms with E-state index in [0.29, 0.717) is 69.7 Å². The number of methoxy groups -OCH3 is 1. The second kappa shape index (κ2) is 13.7. The number of alkyl halides is 2. The van der Waals surface area contributed by atoms with Gasteiger partial charge >= 0.3 is 11.7 Å². The maximum absolute atomic E-state index is 13.9. The number of anilines is 2. The minimum Gasteiger partial charge on any atom is -0.480 e. The monoisotopic (exact) mass is 732 g/mol. The first-order chi connectivity index (χ1) is 24.9. The van der Waals surface area contributed by atoms with Crippen molar-refractivity contribution in [2.24, 2.45) is 31.8 Å². The zero-order valence-corrected chi connectivity index (χ0v) is 29.7. The van der Waals surface area contributed by atoms with Crippen molar-refractivity contribution in [2.45, 2.75) is 26.8 Å². The minimum atomic E-state index is -3.05. The first kappa shape index (κ1) is 35.1. The smallest absolute Gasteiger partial charge is 0.332 e. The molecule has 0 spiro atoms. The van der Waals surface area contributed by atoms with E-state index in [-0.39, 0.29) is 28.7 Å². The van der Waals surface area contributed by atoms with Gasteiger partial charge in [-0.3, -0.25) is 28.6 Å². The molecule has 4 heterocycles. The number of nitrogens with one attached hydrogen (secondary N) is 1. The number of benzene rings is 2. The molecule has 13 nitrogen and oxygen atoms in total. The number of likely N-dealkylation sites (tertiary alicyclic amines) is 1. The molecule has 52 heavy (non-hydrogen) atoms. The fraction of sp³-hybridized carbons (Fsp3) is 0.361. The zero-order chi connectivity index (χ0) is 37.0. The molecule has 2 aromatic carbocycles. The summed E-state index contributed by atoms with van der Waals surface area (Å²) in [7, 11) is 4.18. The van der Waals surface area contributed by atoms with E-state index in [1.807, 2.05) is 38.1 Å². The number of piperidine rings is 1. The summed E-state index contributed by atoms with van der Waals surface area (Å²) in [5.41, 5.74) is 2.66. The van der Waals surface area contributed by atoms with Crippen LogP contribution in [0.25, 0.3) is 33.4 Å². The summed E-state index contributed by atoms with van der Waals surface area (Å²) in [6.07, 6.45) is -1.40. The number of aromatic nitrogens is 6. The Hall–Kier alpha value is -5.28. The molecule has 2 fully saturated rings. The van der Waals surface area contributed by atoms with Crippen LogP contribution in [-0.2, 0) is 30.2 Å². The van der Waals surface area contributed by atoms with E-state index < -0.39 is 23.5 Å². The SMILES string of the molecule is CCOC(=O)C1C2CN(Cc3ncc(-c4cccc(-c5cccc(Nc6nc(C(F)F)nc7c6c(=O)n(C)c(=O)n7C)c5C)c4Cl)nc3OC)CC21. The van der Waals surface area contributed by atoms with Crippen molar-refractivity contribution in [1.82, 2.24) is 34.0 Å². The molecule has 1 saturated heterocycles. The Bertz CT molecular complexity index is 2360. The van der Waals surface area contributed by atoms with Crippen LogP contribution in [0, 0.1) is 24.7 Å². The number of fused-ring (bicyclic) bond motifs is 2. The van der Waals surface area contributed by atoms with E-state index in [4.69, 9.17) is 31.0 Å². The average molecular weight is 733 g/mol. The summed E-state index contributed by atoms with van der Waals surface area (Å²) >= 11 is 7.07. The number of carbonyl (C=O) groups is 1. The number of hydrogen-bond donors (Lipinski definition) is 1. The maximum Gasteiger partial charge on any atom is 0.332 e. The predicted molar refractivity (Wildman–Crippen MR) is 190 cm³/mol. The average Bonchev–Trinajstić information content (AvgIpc) is 3.65. The van der Waals surface area contributed by atoms with Crippen LogP contribution in [0.3, 0.4) is 0 Å². The molecule has 16 heteroatoms. The largest absolute Gasteiger partial charge is 0.480 e. The molecule has 1 saturated carbocycles. The number of hydrogen-bond acceptors (Lipinski definition) is 11. The maximum atomic E-state index is 13.9. The summed E-state index contributed by atoms with van der Waals surface area (Å²) in [5, 5.41) is 3.33. The van der Waals surface area contributed by atoms with Crippen molar-refractivity contribution in [2.75, 3.05) is 32.1 Å². The lowest BCUT2D eigenvalue weighted by Crippen LogP contribution is -2.38. The van der Waals surface area contributed by atoms with Crippen LogP contribution in [0.1, 0.15) is 30.4 Å². The van der Waals surface area contributed by atoms with Crippen molar-refractivity contribution in [1.29, 1.82) is 0 Å². The molecular weight excluding hydrogens is 698 g/mol. The number of aryl methyl sites for hydroxylation is 1. The quantitative estimate of drug-likeness (QED) is 0.193. The van der Waals surface area contributed by atoms with Crippen LogP contribution >= 0.6 is 11.6 Å². The molecule has 270 valence electrons. The number of esters is 1. The Morgan fingerprint density at radius 1 is 1.02 bits per heavy atom. The number of carbonyl (C=O) groups excluding carboxylic acids is 1. The molecule has 5 aromatic rings. The number of rotatable bonds is 10. The fourth-order valence-electron chi connectivity index (χ4n) is 7.13. The second-order valence-electron chi connectivity index (χ2n) is 12.9. The normalized spacial score (nSPS) is 18.1. The standard InChI is InChI=1S/C36H35ClF2N8O5/c1-6-52-35(49)26-21-14-47(15-22(21)26)16-25-33(51-5)42-24(13-40-25)20-11-7-10-19(28(20)37)18-9-8-12-23(17(18)2)41-30-27-32(44-31(43-30)29(38)39)45(3)36(50)46(4)34(27)48/h7-13,21-22,26,29H,6,14-16H2,1-5H3,(H,41,43,44). The van der Waals surface area contributed by atoms with Crippen molar-refractivity contribution in [3.63, 3.8) is 0 Å². The molecule has 2 aliphatic rings. The van der Waals surface area contributed by atoms with E-state index in [2.05, 4.69) is 20.2 Å². The Balaban J connectivity index is 1.18.